The van der Waals surface area contributed by atoms with E-state index in [1.807, 2.05) is 51.1 Å². The Bertz CT molecular complexity index is 786. The lowest BCUT2D eigenvalue weighted by molar-refractivity contribution is -0.116. The molecule has 6 heteroatoms. The van der Waals surface area contributed by atoms with Crippen LogP contribution < -0.4 is 20.7 Å². The summed E-state index contributed by atoms with van der Waals surface area (Å²) in [6.45, 7) is 7.78. The van der Waals surface area contributed by atoms with Crippen LogP contribution in [-0.2, 0) is 9.59 Å². The first kappa shape index (κ1) is 20.3. The number of hydrogen-bond acceptors (Lipinski definition) is 4. The minimum atomic E-state index is -0.160. The minimum Gasteiger partial charge on any atom is -0.491 e. The molecule has 3 N–H and O–H groups in total. The first-order chi connectivity index (χ1) is 12.9. The van der Waals surface area contributed by atoms with Crippen molar-refractivity contribution in [3.8, 4) is 5.75 Å². The van der Waals surface area contributed by atoms with Gasteiger partial charge in [-0.05, 0) is 62.7 Å². The maximum Gasteiger partial charge on any atom is 0.243 e. The van der Waals surface area contributed by atoms with Gasteiger partial charge < -0.3 is 20.7 Å². The molecular weight excluding hydrogens is 342 g/mol. The zero-order valence-corrected chi connectivity index (χ0v) is 16.3. The van der Waals surface area contributed by atoms with Gasteiger partial charge in [-0.25, -0.2) is 0 Å². The smallest absolute Gasteiger partial charge is 0.243 e. The van der Waals surface area contributed by atoms with E-state index in [-0.39, 0.29) is 24.5 Å². The fourth-order valence-corrected chi connectivity index (χ4v) is 2.38. The fourth-order valence-electron chi connectivity index (χ4n) is 2.38. The van der Waals surface area contributed by atoms with E-state index in [4.69, 9.17) is 4.74 Å². The first-order valence-electron chi connectivity index (χ1n) is 9.08. The first-order valence-corrected chi connectivity index (χ1v) is 9.08. The molecule has 0 atom stereocenters. The molecule has 6 nitrogen and oxygen atoms in total. The zero-order chi connectivity index (χ0) is 19.8. The summed E-state index contributed by atoms with van der Waals surface area (Å²) < 4.78 is 5.58. The average molecular weight is 369 g/mol. The third-order valence-electron chi connectivity index (χ3n) is 3.80. The van der Waals surface area contributed by atoms with Gasteiger partial charge in [0.25, 0.3) is 0 Å². The fraction of sp³-hybridized carbons (Fsp3) is 0.333. The van der Waals surface area contributed by atoms with Gasteiger partial charge in [-0.2, -0.15) is 0 Å². The summed E-state index contributed by atoms with van der Waals surface area (Å²) >= 11 is 0. The second kappa shape index (κ2) is 9.62. The van der Waals surface area contributed by atoms with E-state index in [2.05, 4.69) is 16.0 Å². The number of rotatable bonds is 8. The van der Waals surface area contributed by atoms with Crippen LogP contribution in [0.5, 0.6) is 5.75 Å². The van der Waals surface area contributed by atoms with Gasteiger partial charge in [0, 0.05) is 23.5 Å². The second-order valence-corrected chi connectivity index (χ2v) is 6.52. The van der Waals surface area contributed by atoms with E-state index < -0.39 is 0 Å². The van der Waals surface area contributed by atoms with Gasteiger partial charge >= 0.3 is 0 Å². The normalized spacial score (nSPS) is 10.4. The molecule has 0 bridgehead atoms. The van der Waals surface area contributed by atoms with Gasteiger partial charge in [0.1, 0.15) is 5.75 Å². The van der Waals surface area contributed by atoms with Crippen molar-refractivity contribution in [2.24, 2.45) is 0 Å². The van der Waals surface area contributed by atoms with E-state index in [1.165, 1.54) is 0 Å². The van der Waals surface area contributed by atoms with E-state index in [0.717, 1.165) is 22.7 Å². The quantitative estimate of drug-likeness (QED) is 0.652. The molecular formula is C21H27N3O3. The summed E-state index contributed by atoms with van der Waals surface area (Å²) in [6, 6.07) is 12.9. The number of anilines is 3. The van der Waals surface area contributed by atoms with Gasteiger partial charge in [-0.15, -0.1) is 0 Å². The van der Waals surface area contributed by atoms with Crippen molar-refractivity contribution < 1.29 is 14.3 Å². The number of benzene rings is 2. The van der Waals surface area contributed by atoms with Crippen molar-refractivity contribution in [2.75, 3.05) is 22.5 Å². The Kier molecular flexibility index (Phi) is 7.23. The van der Waals surface area contributed by atoms with Crippen LogP contribution >= 0.6 is 0 Å². The Morgan fingerprint density at radius 2 is 1.63 bits per heavy atom. The SMILES string of the molecule is CCC(=O)Nc1cc(NCC(=O)Nc2ccc(OC(C)C)cc2)ccc1C. The van der Waals surface area contributed by atoms with Crippen molar-refractivity contribution in [1.29, 1.82) is 0 Å². The average Bonchev–Trinajstić information content (AvgIpc) is 2.63. The van der Waals surface area contributed by atoms with Crippen molar-refractivity contribution in [1.82, 2.24) is 0 Å². The summed E-state index contributed by atoms with van der Waals surface area (Å²) in [4.78, 5) is 23.7. The number of carbonyl (C=O) groups excluding carboxylic acids is 2. The van der Waals surface area contributed by atoms with Crippen LogP contribution in [0.15, 0.2) is 42.5 Å². The Morgan fingerprint density at radius 1 is 0.963 bits per heavy atom. The van der Waals surface area contributed by atoms with Crippen molar-refractivity contribution >= 4 is 28.9 Å². The van der Waals surface area contributed by atoms with Gasteiger partial charge in [-0.1, -0.05) is 13.0 Å². The molecule has 0 radical (unpaired) electrons. The topological polar surface area (TPSA) is 79.5 Å². The Labute approximate surface area is 160 Å². The van der Waals surface area contributed by atoms with E-state index in [9.17, 15) is 9.59 Å². The Balaban J connectivity index is 1.89. The highest BCUT2D eigenvalue weighted by atomic mass is 16.5. The van der Waals surface area contributed by atoms with Crippen molar-refractivity contribution in [3.63, 3.8) is 0 Å². The highest BCUT2D eigenvalue weighted by Gasteiger charge is 2.06. The maximum absolute atomic E-state index is 12.1. The van der Waals surface area contributed by atoms with Crippen LogP contribution in [0.2, 0.25) is 0 Å². The summed E-state index contributed by atoms with van der Waals surface area (Å²) in [5.41, 5.74) is 3.18. The molecule has 0 aliphatic carbocycles. The maximum atomic E-state index is 12.1. The Morgan fingerprint density at radius 3 is 2.26 bits per heavy atom. The highest BCUT2D eigenvalue weighted by Crippen LogP contribution is 2.21. The number of aryl methyl sites for hydroxylation is 1. The lowest BCUT2D eigenvalue weighted by Gasteiger charge is -2.13. The molecule has 144 valence electrons. The van der Waals surface area contributed by atoms with Crippen molar-refractivity contribution in [3.05, 3.63) is 48.0 Å². The van der Waals surface area contributed by atoms with E-state index in [0.29, 0.717) is 12.1 Å². The molecule has 0 aliphatic heterocycles. The second-order valence-electron chi connectivity index (χ2n) is 6.52. The zero-order valence-electron chi connectivity index (χ0n) is 16.3. The Hall–Kier alpha value is -3.02. The third-order valence-corrected chi connectivity index (χ3v) is 3.80. The summed E-state index contributed by atoms with van der Waals surface area (Å²) in [7, 11) is 0. The largest absolute Gasteiger partial charge is 0.491 e. The van der Waals surface area contributed by atoms with Crippen LogP contribution in [0, 0.1) is 6.92 Å². The minimum absolute atomic E-state index is 0.0436. The van der Waals surface area contributed by atoms with Gasteiger partial charge in [-0.3, -0.25) is 9.59 Å². The molecule has 0 saturated carbocycles. The molecule has 2 aromatic carbocycles. The monoisotopic (exact) mass is 369 g/mol. The molecule has 0 saturated heterocycles. The number of ether oxygens (including phenoxy) is 1. The van der Waals surface area contributed by atoms with Crippen LogP contribution in [0.1, 0.15) is 32.8 Å². The van der Waals surface area contributed by atoms with Gasteiger partial charge in [0.15, 0.2) is 0 Å². The number of amides is 2. The number of carbonyl (C=O) groups is 2. The molecule has 0 aromatic heterocycles. The molecule has 2 amide bonds. The molecule has 0 spiro atoms. The van der Waals surface area contributed by atoms with Crippen molar-refractivity contribution in [2.45, 2.75) is 40.2 Å². The van der Waals surface area contributed by atoms with Gasteiger partial charge in [0.2, 0.25) is 11.8 Å². The molecule has 2 aromatic rings. The number of hydrogen-bond donors (Lipinski definition) is 3. The summed E-state index contributed by atoms with van der Waals surface area (Å²) in [5, 5.41) is 8.76. The lowest BCUT2D eigenvalue weighted by Crippen LogP contribution is -2.21. The lowest BCUT2D eigenvalue weighted by atomic mass is 10.1. The molecule has 0 fully saturated rings. The summed E-state index contributed by atoms with van der Waals surface area (Å²) in [6.07, 6.45) is 0.525. The standard InChI is InChI=1S/C21H27N3O3/c1-5-20(25)24-19-12-17(7-6-15(19)4)22-13-21(26)23-16-8-10-18(11-9-16)27-14(2)3/h6-12,14,22H,5,13H2,1-4H3,(H,23,26)(H,24,25). The van der Waals surface area contributed by atoms with Crippen LogP contribution in [-0.4, -0.2) is 24.5 Å². The van der Waals surface area contributed by atoms with E-state index >= 15 is 0 Å². The van der Waals surface area contributed by atoms with E-state index in [1.54, 1.807) is 19.1 Å². The van der Waals surface area contributed by atoms with Crippen LogP contribution in [0.25, 0.3) is 0 Å². The predicted octanol–water partition coefficient (Wildman–Crippen LogP) is 4.18. The van der Waals surface area contributed by atoms with Gasteiger partial charge in [0.05, 0.1) is 12.6 Å². The molecule has 0 aliphatic rings. The molecule has 0 unspecified atom stereocenters. The van der Waals surface area contributed by atoms with Crippen LogP contribution in [0.3, 0.4) is 0 Å². The highest BCUT2D eigenvalue weighted by molar-refractivity contribution is 5.94. The molecule has 2 rings (SSSR count). The molecule has 0 heterocycles. The molecule has 27 heavy (non-hydrogen) atoms. The summed E-state index contributed by atoms with van der Waals surface area (Å²) in [5.74, 6) is 0.563. The van der Waals surface area contributed by atoms with Crippen LogP contribution in [0.4, 0.5) is 17.1 Å². The third kappa shape index (κ3) is 6.66. The number of nitrogens with one attached hydrogen (secondary N) is 3. The predicted molar refractivity (Wildman–Crippen MR) is 109 cm³/mol.